The van der Waals surface area contributed by atoms with Gasteiger partial charge in [0.15, 0.2) is 0 Å². The number of oxime groups is 1. The quantitative estimate of drug-likeness (QED) is 0.528. The third kappa shape index (κ3) is 5.13. The zero-order valence-corrected chi connectivity index (χ0v) is 16.0. The molecule has 5 nitrogen and oxygen atoms in total. The standard InChI is InChI=1S/C19H18F4N2O3S/c20-17-6-1-2-7-18(17)29(26,27)25-10-8-16(9-11-25)24-28-13-14-4-3-5-15(12-14)19(21,22)23/h1-7,12H,8-11,13H2. The predicted molar refractivity (Wildman–Crippen MR) is 98.1 cm³/mol. The van der Waals surface area contributed by atoms with E-state index >= 15 is 0 Å². The Balaban J connectivity index is 1.57. The first-order chi connectivity index (χ1) is 13.7. The third-order valence-corrected chi connectivity index (χ3v) is 6.37. The van der Waals surface area contributed by atoms with Crippen molar-refractivity contribution in [2.24, 2.45) is 5.16 Å². The molecular formula is C19H18F4N2O3S. The number of alkyl halides is 3. The van der Waals surface area contributed by atoms with Crippen LogP contribution in [0.15, 0.2) is 58.6 Å². The summed E-state index contributed by atoms with van der Waals surface area (Å²) in [5.41, 5.74) is 0.151. The second-order valence-corrected chi connectivity index (χ2v) is 8.37. The van der Waals surface area contributed by atoms with Crippen molar-refractivity contribution in [2.75, 3.05) is 13.1 Å². The molecule has 0 aromatic heterocycles. The Morgan fingerprint density at radius 3 is 2.38 bits per heavy atom. The molecule has 0 N–H and O–H groups in total. The highest BCUT2D eigenvalue weighted by atomic mass is 32.2. The van der Waals surface area contributed by atoms with E-state index in [1.807, 2.05) is 0 Å². The molecule has 1 fully saturated rings. The fraction of sp³-hybridized carbons (Fsp3) is 0.316. The molecule has 3 rings (SSSR count). The minimum Gasteiger partial charge on any atom is -0.391 e. The number of hydrogen-bond acceptors (Lipinski definition) is 4. The Bertz CT molecular complexity index is 997. The summed E-state index contributed by atoms with van der Waals surface area (Å²) in [5, 5.41) is 3.92. The Labute approximate surface area is 165 Å². The van der Waals surface area contributed by atoms with E-state index in [1.54, 1.807) is 0 Å². The molecule has 2 aromatic rings. The fourth-order valence-corrected chi connectivity index (χ4v) is 4.41. The van der Waals surface area contributed by atoms with Gasteiger partial charge in [0.05, 0.1) is 11.3 Å². The first kappa shape index (κ1) is 21.3. The summed E-state index contributed by atoms with van der Waals surface area (Å²) >= 11 is 0. The molecular weight excluding hydrogens is 412 g/mol. The fourth-order valence-electron chi connectivity index (χ4n) is 2.90. The van der Waals surface area contributed by atoms with E-state index < -0.39 is 27.6 Å². The number of hydrogen-bond donors (Lipinski definition) is 0. The summed E-state index contributed by atoms with van der Waals surface area (Å²) in [7, 11) is -3.94. The number of piperidine rings is 1. The largest absolute Gasteiger partial charge is 0.416 e. The maximum Gasteiger partial charge on any atom is 0.416 e. The van der Waals surface area contributed by atoms with Crippen molar-refractivity contribution in [1.82, 2.24) is 4.31 Å². The first-order valence-electron chi connectivity index (χ1n) is 8.76. The van der Waals surface area contributed by atoms with Crippen LogP contribution >= 0.6 is 0 Å². The Morgan fingerprint density at radius 2 is 1.72 bits per heavy atom. The molecule has 0 unspecified atom stereocenters. The first-order valence-corrected chi connectivity index (χ1v) is 10.2. The van der Waals surface area contributed by atoms with Crippen molar-refractivity contribution in [2.45, 2.75) is 30.5 Å². The van der Waals surface area contributed by atoms with Crippen molar-refractivity contribution in [3.05, 3.63) is 65.5 Å². The third-order valence-electron chi connectivity index (χ3n) is 4.43. The molecule has 1 saturated heterocycles. The molecule has 0 spiro atoms. The van der Waals surface area contributed by atoms with Gasteiger partial charge >= 0.3 is 6.18 Å². The number of rotatable bonds is 5. The second-order valence-electron chi connectivity index (χ2n) is 6.46. The maximum absolute atomic E-state index is 13.8. The van der Waals surface area contributed by atoms with Gasteiger partial charge in [-0.25, -0.2) is 12.8 Å². The highest BCUT2D eigenvalue weighted by molar-refractivity contribution is 7.89. The van der Waals surface area contributed by atoms with Gasteiger partial charge < -0.3 is 4.84 Å². The predicted octanol–water partition coefficient (Wildman–Crippen LogP) is 4.20. The molecule has 0 amide bonds. The molecule has 0 aliphatic carbocycles. The van der Waals surface area contributed by atoms with E-state index in [2.05, 4.69) is 5.16 Å². The molecule has 1 aliphatic rings. The zero-order chi connectivity index (χ0) is 21.1. The molecule has 0 saturated carbocycles. The van der Waals surface area contributed by atoms with E-state index in [9.17, 15) is 26.0 Å². The van der Waals surface area contributed by atoms with E-state index in [-0.39, 0.29) is 37.4 Å². The summed E-state index contributed by atoms with van der Waals surface area (Å²) in [6, 6.07) is 9.92. The van der Waals surface area contributed by atoms with Crippen LogP contribution in [-0.4, -0.2) is 31.5 Å². The van der Waals surface area contributed by atoms with Crippen LogP contribution in [0.1, 0.15) is 24.0 Å². The monoisotopic (exact) mass is 430 g/mol. The molecule has 1 heterocycles. The molecule has 10 heteroatoms. The van der Waals surface area contributed by atoms with Crippen molar-refractivity contribution >= 4 is 15.7 Å². The number of halogens is 4. The highest BCUT2D eigenvalue weighted by Gasteiger charge is 2.31. The smallest absolute Gasteiger partial charge is 0.391 e. The zero-order valence-electron chi connectivity index (χ0n) is 15.2. The molecule has 2 aromatic carbocycles. The van der Waals surface area contributed by atoms with E-state index in [0.29, 0.717) is 11.3 Å². The van der Waals surface area contributed by atoms with Crippen molar-refractivity contribution < 1.29 is 30.8 Å². The van der Waals surface area contributed by atoms with E-state index in [1.165, 1.54) is 34.6 Å². The Morgan fingerprint density at radius 1 is 1.03 bits per heavy atom. The molecule has 0 bridgehead atoms. The summed E-state index contributed by atoms with van der Waals surface area (Å²) in [6.45, 7) is 0.0928. The van der Waals surface area contributed by atoms with Crippen molar-refractivity contribution in [3.8, 4) is 0 Å². The van der Waals surface area contributed by atoms with Gasteiger partial charge in [-0.3, -0.25) is 0 Å². The van der Waals surface area contributed by atoms with Crippen LogP contribution in [0.3, 0.4) is 0 Å². The molecule has 1 aliphatic heterocycles. The lowest BCUT2D eigenvalue weighted by atomic mass is 10.1. The number of benzene rings is 2. The SMILES string of the molecule is O=S(=O)(c1ccccc1F)N1CCC(=NOCc2cccc(C(F)(F)F)c2)CC1. The van der Waals surface area contributed by atoms with Gasteiger partial charge in [0.1, 0.15) is 17.3 Å². The minimum atomic E-state index is -4.43. The molecule has 156 valence electrons. The topological polar surface area (TPSA) is 59.0 Å². The van der Waals surface area contributed by atoms with Crippen LogP contribution in [-0.2, 0) is 27.6 Å². The van der Waals surface area contributed by atoms with Gasteiger partial charge in [-0.05, 0) is 29.8 Å². The number of sulfonamides is 1. The lowest BCUT2D eigenvalue weighted by molar-refractivity contribution is -0.137. The Hall–Kier alpha value is -2.46. The van der Waals surface area contributed by atoms with Gasteiger partial charge in [-0.2, -0.15) is 17.5 Å². The summed E-state index contributed by atoms with van der Waals surface area (Å²) in [6.07, 6.45) is -3.86. The average Bonchev–Trinajstić information content (AvgIpc) is 2.68. The maximum atomic E-state index is 13.8. The van der Waals surface area contributed by atoms with Crippen LogP contribution in [0.25, 0.3) is 0 Å². The van der Waals surface area contributed by atoms with Gasteiger partial charge in [-0.15, -0.1) is 0 Å². The summed E-state index contributed by atoms with van der Waals surface area (Å²) in [4.78, 5) is 4.77. The van der Waals surface area contributed by atoms with Crippen LogP contribution in [0, 0.1) is 5.82 Å². The van der Waals surface area contributed by atoms with Crippen LogP contribution in [0.4, 0.5) is 17.6 Å². The van der Waals surface area contributed by atoms with E-state index in [0.717, 1.165) is 18.2 Å². The summed E-state index contributed by atoms with van der Waals surface area (Å²) < 4.78 is 78.3. The van der Waals surface area contributed by atoms with Gasteiger partial charge in [0.2, 0.25) is 10.0 Å². The number of nitrogens with zero attached hydrogens (tertiary/aromatic N) is 2. The second kappa shape index (κ2) is 8.50. The van der Waals surface area contributed by atoms with Gasteiger partial charge in [0, 0.05) is 25.9 Å². The van der Waals surface area contributed by atoms with Crippen LogP contribution in [0.2, 0.25) is 0 Å². The molecule has 0 radical (unpaired) electrons. The van der Waals surface area contributed by atoms with Crippen molar-refractivity contribution in [1.29, 1.82) is 0 Å². The summed E-state index contributed by atoms with van der Waals surface area (Å²) in [5.74, 6) is -0.809. The van der Waals surface area contributed by atoms with E-state index in [4.69, 9.17) is 4.84 Å². The Kier molecular flexibility index (Phi) is 6.23. The van der Waals surface area contributed by atoms with Gasteiger partial charge in [0.25, 0.3) is 0 Å². The lowest BCUT2D eigenvalue weighted by Crippen LogP contribution is -2.39. The van der Waals surface area contributed by atoms with Crippen LogP contribution < -0.4 is 0 Å². The van der Waals surface area contributed by atoms with Crippen molar-refractivity contribution in [3.63, 3.8) is 0 Å². The van der Waals surface area contributed by atoms with Gasteiger partial charge in [-0.1, -0.05) is 29.4 Å². The average molecular weight is 430 g/mol. The van der Waals surface area contributed by atoms with Crippen LogP contribution in [0.5, 0.6) is 0 Å². The lowest BCUT2D eigenvalue weighted by Gasteiger charge is -2.26. The normalized spacial score (nSPS) is 15.9. The highest BCUT2D eigenvalue weighted by Crippen LogP contribution is 2.29. The molecule has 0 atom stereocenters. The molecule has 29 heavy (non-hydrogen) atoms. The minimum absolute atomic E-state index is 0.114.